The summed E-state index contributed by atoms with van der Waals surface area (Å²) in [5.74, 6) is 0.949. The maximum atomic E-state index is 13.7. The number of benzene rings is 1. The fourth-order valence-electron chi connectivity index (χ4n) is 5.69. The molecule has 0 bridgehead atoms. The number of nitrogens with zero attached hydrogens (tertiary/aromatic N) is 3. The number of hydrogen-bond donors (Lipinski definition) is 0. The maximum Gasteiger partial charge on any atom is 0.253 e. The van der Waals surface area contributed by atoms with Gasteiger partial charge in [0.2, 0.25) is 5.91 Å². The van der Waals surface area contributed by atoms with Crippen molar-refractivity contribution in [3.05, 3.63) is 35.4 Å². The number of piperidine rings is 1. The minimum Gasteiger partial charge on any atom is -0.339 e. The van der Waals surface area contributed by atoms with Gasteiger partial charge in [-0.2, -0.15) is 0 Å². The van der Waals surface area contributed by atoms with E-state index >= 15 is 0 Å². The van der Waals surface area contributed by atoms with Crippen molar-refractivity contribution in [3.8, 4) is 0 Å². The fraction of sp³-hybridized carbons (Fsp3) is 0.680. The zero-order valence-electron chi connectivity index (χ0n) is 18.7. The normalized spacial score (nSPS) is 24.8. The van der Waals surface area contributed by atoms with Gasteiger partial charge in [0.1, 0.15) is 0 Å². The molecule has 30 heavy (non-hydrogen) atoms. The van der Waals surface area contributed by atoms with Crippen molar-refractivity contribution < 1.29 is 9.59 Å². The molecule has 0 radical (unpaired) electrons. The molecule has 0 unspecified atom stereocenters. The van der Waals surface area contributed by atoms with Gasteiger partial charge < -0.3 is 9.80 Å². The molecule has 0 N–H and O–H groups in total. The molecular formula is C25H37N3O2. The van der Waals surface area contributed by atoms with Crippen LogP contribution in [0.5, 0.6) is 0 Å². The molecule has 1 saturated carbocycles. The van der Waals surface area contributed by atoms with Gasteiger partial charge in [-0.1, -0.05) is 30.5 Å². The second-order valence-corrected chi connectivity index (χ2v) is 9.56. The van der Waals surface area contributed by atoms with Crippen LogP contribution < -0.4 is 0 Å². The summed E-state index contributed by atoms with van der Waals surface area (Å²) in [5.41, 5.74) is 1.89. The first-order valence-corrected chi connectivity index (χ1v) is 11.9. The van der Waals surface area contributed by atoms with Gasteiger partial charge in [0.25, 0.3) is 5.91 Å². The summed E-state index contributed by atoms with van der Waals surface area (Å²) in [6.07, 6.45) is 8.32. The lowest BCUT2D eigenvalue weighted by Crippen LogP contribution is -2.60. The standard InChI is InChI=1S/C25H37N3O2/c1-19-8-7-12-22(18-19)24(29)27-16-14-26(15-17-27)23(21-10-3-4-11-21)25(30)28-13-6-5-9-20(28)2/h7-8,12,18,20-21,23H,3-6,9-11,13-17H2,1-2H3/t20-,23-/m0/s1. The van der Waals surface area contributed by atoms with Crippen LogP contribution in [0.1, 0.15) is 67.8 Å². The molecule has 0 spiro atoms. The van der Waals surface area contributed by atoms with E-state index in [0.29, 0.717) is 31.0 Å². The Hall–Kier alpha value is -1.88. The first kappa shape index (κ1) is 21.4. The van der Waals surface area contributed by atoms with Crippen molar-refractivity contribution in [2.24, 2.45) is 5.92 Å². The van der Waals surface area contributed by atoms with Crippen LogP contribution in [0.15, 0.2) is 24.3 Å². The number of rotatable bonds is 4. The van der Waals surface area contributed by atoms with Crippen LogP contribution in [0.3, 0.4) is 0 Å². The average molecular weight is 412 g/mol. The molecule has 2 atom stereocenters. The van der Waals surface area contributed by atoms with Crippen LogP contribution in [-0.2, 0) is 4.79 Å². The molecule has 1 aromatic rings. The van der Waals surface area contributed by atoms with Crippen molar-refractivity contribution in [1.82, 2.24) is 14.7 Å². The number of piperazine rings is 1. The first-order chi connectivity index (χ1) is 14.5. The Morgan fingerprint density at radius 2 is 1.63 bits per heavy atom. The summed E-state index contributed by atoms with van der Waals surface area (Å²) in [6.45, 7) is 8.15. The van der Waals surface area contributed by atoms with Gasteiger partial charge >= 0.3 is 0 Å². The van der Waals surface area contributed by atoms with Gasteiger partial charge in [-0.3, -0.25) is 14.5 Å². The quantitative estimate of drug-likeness (QED) is 0.759. The van der Waals surface area contributed by atoms with Crippen LogP contribution in [0.25, 0.3) is 0 Å². The molecule has 3 fully saturated rings. The van der Waals surface area contributed by atoms with Crippen molar-refractivity contribution in [2.45, 2.75) is 70.9 Å². The molecule has 4 rings (SSSR count). The van der Waals surface area contributed by atoms with Gasteiger partial charge in [0.05, 0.1) is 6.04 Å². The summed E-state index contributed by atoms with van der Waals surface area (Å²) in [6, 6.07) is 8.21. The Kier molecular flexibility index (Phi) is 6.77. The molecule has 2 heterocycles. The Labute approximate surface area is 181 Å². The molecule has 2 amide bonds. The summed E-state index contributed by atoms with van der Waals surface area (Å²) in [4.78, 5) is 33.1. The lowest BCUT2D eigenvalue weighted by atomic mass is 9.92. The Morgan fingerprint density at radius 1 is 0.933 bits per heavy atom. The Morgan fingerprint density at radius 3 is 2.30 bits per heavy atom. The smallest absolute Gasteiger partial charge is 0.253 e. The molecule has 5 heteroatoms. The van der Waals surface area contributed by atoms with E-state index in [0.717, 1.165) is 43.6 Å². The van der Waals surface area contributed by atoms with E-state index in [9.17, 15) is 9.59 Å². The van der Waals surface area contributed by atoms with Crippen LogP contribution in [0.2, 0.25) is 0 Å². The molecule has 3 aliphatic rings. The number of carbonyl (C=O) groups excluding carboxylic acids is 2. The first-order valence-electron chi connectivity index (χ1n) is 11.9. The van der Waals surface area contributed by atoms with Crippen LogP contribution in [0, 0.1) is 12.8 Å². The highest BCUT2D eigenvalue weighted by Crippen LogP contribution is 2.33. The van der Waals surface area contributed by atoms with E-state index in [1.807, 2.05) is 36.1 Å². The van der Waals surface area contributed by atoms with Crippen LogP contribution >= 0.6 is 0 Å². The fourth-order valence-corrected chi connectivity index (χ4v) is 5.69. The highest BCUT2D eigenvalue weighted by molar-refractivity contribution is 5.94. The molecular weight excluding hydrogens is 374 g/mol. The van der Waals surface area contributed by atoms with Gasteiger partial charge in [-0.05, 0) is 64.0 Å². The predicted molar refractivity (Wildman–Crippen MR) is 119 cm³/mol. The Balaban J connectivity index is 1.44. The van der Waals surface area contributed by atoms with Gasteiger partial charge in [-0.25, -0.2) is 0 Å². The summed E-state index contributed by atoms with van der Waals surface area (Å²) < 4.78 is 0. The van der Waals surface area contributed by atoms with Gasteiger partial charge in [0, 0.05) is 44.3 Å². The molecule has 2 saturated heterocycles. The van der Waals surface area contributed by atoms with E-state index in [2.05, 4.69) is 16.7 Å². The third kappa shape index (κ3) is 4.56. The van der Waals surface area contributed by atoms with Crippen LogP contribution in [0.4, 0.5) is 0 Å². The second kappa shape index (κ2) is 9.51. The van der Waals surface area contributed by atoms with Gasteiger partial charge in [0.15, 0.2) is 0 Å². The van der Waals surface area contributed by atoms with Crippen molar-refractivity contribution in [3.63, 3.8) is 0 Å². The average Bonchev–Trinajstić information content (AvgIpc) is 3.28. The largest absolute Gasteiger partial charge is 0.339 e. The maximum absolute atomic E-state index is 13.7. The number of aryl methyl sites for hydroxylation is 1. The third-order valence-corrected chi connectivity index (χ3v) is 7.45. The third-order valence-electron chi connectivity index (χ3n) is 7.45. The Bertz CT molecular complexity index is 751. The summed E-state index contributed by atoms with van der Waals surface area (Å²) in [5, 5.41) is 0. The monoisotopic (exact) mass is 411 g/mol. The SMILES string of the molecule is Cc1cccc(C(=O)N2CCN([C@H](C(=O)N3CCCC[C@@H]3C)C3CCCC3)CC2)c1. The topological polar surface area (TPSA) is 43.9 Å². The highest BCUT2D eigenvalue weighted by Gasteiger charge is 2.40. The highest BCUT2D eigenvalue weighted by atomic mass is 16.2. The van der Waals surface area contributed by atoms with E-state index < -0.39 is 0 Å². The molecule has 1 aromatic carbocycles. The van der Waals surface area contributed by atoms with E-state index in [1.165, 1.54) is 32.1 Å². The predicted octanol–water partition coefficient (Wildman–Crippen LogP) is 3.71. The second-order valence-electron chi connectivity index (χ2n) is 9.56. The molecule has 164 valence electrons. The lowest BCUT2D eigenvalue weighted by Gasteiger charge is -2.44. The lowest BCUT2D eigenvalue weighted by molar-refractivity contribution is -0.143. The van der Waals surface area contributed by atoms with E-state index in [1.54, 1.807) is 0 Å². The molecule has 2 aliphatic heterocycles. The van der Waals surface area contributed by atoms with Crippen LogP contribution in [-0.4, -0.2) is 71.3 Å². The molecule has 1 aliphatic carbocycles. The minimum atomic E-state index is 0.00396. The zero-order valence-corrected chi connectivity index (χ0v) is 18.7. The minimum absolute atomic E-state index is 0.00396. The van der Waals surface area contributed by atoms with Crippen molar-refractivity contribution in [2.75, 3.05) is 32.7 Å². The van der Waals surface area contributed by atoms with Crippen molar-refractivity contribution >= 4 is 11.8 Å². The molecule has 5 nitrogen and oxygen atoms in total. The summed E-state index contributed by atoms with van der Waals surface area (Å²) in [7, 11) is 0. The van der Waals surface area contributed by atoms with E-state index in [4.69, 9.17) is 0 Å². The molecule has 0 aromatic heterocycles. The number of carbonyl (C=O) groups is 2. The van der Waals surface area contributed by atoms with Crippen molar-refractivity contribution in [1.29, 1.82) is 0 Å². The summed E-state index contributed by atoms with van der Waals surface area (Å²) >= 11 is 0. The number of amides is 2. The zero-order chi connectivity index (χ0) is 21.1. The number of hydrogen-bond acceptors (Lipinski definition) is 3. The number of likely N-dealkylation sites (tertiary alicyclic amines) is 1. The van der Waals surface area contributed by atoms with E-state index in [-0.39, 0.29) is 11.9 Å². The van der Waals surface area contributed by atoms with Gasteiger partial charge in [-0.15, -0.1) is 0 Å².